The van der Waals surface area contributed by atoms with Crippen molar-refractivity contribution in [1.82, 2.24) is 25.4 Å². The zero-order valence-corrected chi connectivity index (χ0v) is 15.5. The lowest BCUT2D eigenvalue weighted by molar-refractivity contribution is -0.126. The van der Waals surface area contributed by atoms with Gasteiger partial charge in [0.2, 0.25) is 11.8 Å². The summed E-state index contributed by atoms with van der Waals surface area (Å²) in [6, 6.07) is 0. The van der Waals surface area contributed by atoms with Gasteiger partial charge < -0.3 is 15.2 Å². The maximum Gasteiger partial charge on any atom is 0.239 e. The molecule has 1 aliphatic carbocycles. The average molecular weight is 353 g/mol. The Morgan fingerprint density at radius 3 is 2.67 bits per heavy atom. The van der Waals surface area contributed by atoms with Crippen LogP contribution in [0.15, 0.2) is 5.16 Å². The Hall–Kier alpha value is -1.57. The summed E-state index contributed by atoms with van der Waals surface area (Å²) in [5, 5.41) is 14.9. The third kappa shape index (κ3) is 5.81. The molecule has 2 rings (SSSR count). The number of nitrogens with one attached hydrogen (secondary N) is 2. The van der Waals surface area contributed by atoms with Gasteiger partial charge in [0.15, 0.2) is 5.16 Å². The molecule has 0 spiro atoms. The van der Waals surface area contributed by atoms with E-state index in [-0.39, 0.29) is 24.3 Å². The van der Waals surface area contributed by atoms with Crippen molar-refractivity contribution < 1.29 is 9.59 Å². The van der Waals surface area contributed by atoms with Crippen molar-refractivity contribution in [2.45, 2.75) is 51.2 Å². The van der Waals surface area contributed by atoms with Gasteiger partial charge in [0, 0.05) is 25.4 Å². The summed E-state index contributed by atoms with van der Waals surface area (Å²) in [6.07, 6.45) is 5.47. The molecule has 0 radical (unpaired) electrons. The predicted octanol–water partition coefficient (Wildman–Crippen LogP) is 1.23. The van der Waals surface area contributed by atoms with Gasteiger partial charge in [-0.05, 0) is 31.4 Å². The van der Waals surface area contributed by atoms with Crippen LogP contribution in [-0.2, 0) is 22.6 Å². The number of aromatic nitrogens is 3. The van der Waals surface area contributed by atoms with Gasteiger partial charge in [-0.25, -0.2) is 0 Å². The maximum atomic E-state index is 11.7. The summed E-state index contributed by atoms with van der Waals surface area (Å²) in [7, 11) is 0. The van der Waals surface area contributed by atoms with E-state index < -0.39 is 0 Å². The first-order valence-corrected chi connectivity index (χ1v) is 9.74. The molecule has 2 amide bonds. The Kier molecular flexibility index (Phi) is 7.08. The van der Waals surface area contributed by atoms with Gasteiger partial charge in [0.05, 0.1) is 6.54 Å². The Balaban J connectivity index is 1.68. The fourth-order valence-corrected chi connectivity index (χ4v) is 2.92. The second kappa shape index (κ2) is 9.05. The molecule has 0 aliphatic heterocycles. The van der Waals surface area contributed by atoms with Crippen LogP contribution < -0.4 is 10.6 Å². The molecule has 1 aliphatic rings. The standard InChI is InChI=1S/C16H27N5O2S/c1-11(2)10-21-13(19-20-16(21)24-3)5-4-8-17-14(22)9-18-15(23)12-6-7-12/h11-12H,4-10H2,1-3H3,(H,17,22)(H,18,23). The van der Waals surface area contributed by atoms with Crippen LogP contribution in [0.3, 0.4) is 0 Å². The summed E-state index contributed by atoms with van der Waals surface area (Å²) >= 11 is 1.60. The van der Waals surface area contributed by atoms with Crippen LogP contribution in [0.1, 0.15) is 38.9 Å². The highest BCUT2D eigenvalue weighted by molar-refractivity contribution is 7.98. The molecule has 0 atom stereocenters. The zero-order chi connectivity index (χ0) is 17.5. The highest BCUT2D eigenvalue weighted by Crippen LogP contribution is 2.28. The van der Waals surface area contributed by atoms with Gasteiger partial charge in [-0.2, -0.15) is 0 Å². The van der Waals surface area contributed by atoms with Gasteiger partial charge >= 0.3 is 0 Å². The quantitative estimate of drug-likeness (QED) is 0.488. The number of rotatable bonds is 10. The fraction of sp³-hybridized carbons (Fsp3) is 0.750. The lowest BCUT2D eigenvalue weighted by Crippen LogP contribution is -2.38. The number of thioether (sulfide) groups is 1. The van der Waals surface area contributed by atoms with Crippen molar-refractivity contribution in [3.05, 3.63) is 5.82 Å². The van der Waals surface area contributed by atoms with E-state index in [0.717, 1.165) is 43.2 Å². The molecule has 8 heteroatoms. The molecule has 1 aromatic heterocycles. The SMILES string of the molecule is CSc1nnc(CCCNC(=O)CNC(=O)C2CC2)n1CC(C)C. The first-order valence-electron chi connectivity index (χ1n) is 8.51. The summed E-state index contributed by atoms with van der Waals surface area (Å²) in [5.41, 5.74) is 0. The van der Waals surface area contributed by atoms with Crippen LogP contribution in [0.25, 0.3) is 0 Å². The predicted molar refractivity (Wildman–Crippen MR) is 93.7 cm³/mol. The Morgan fingerprint density at radius 1 is 1.29 bits per heavy atom. The van der Waals surface area contributed by atoms with Crippen LogP contribution >= 0.6 is 11.8 Å². The third-order valence-electron chi connectivity index (χ3n) is 3.79. The molecule has 0 unspecified atom stereocenters. The normalized spacial score (nSPS) is 14.0. The topological polar surface area (TPSA) is 88.9 Å². The van der Waals surface area contributed by atoms with E-state index in [1.165, 1.54) is 0 Å². The largest absolute Gasteiger partial charge is 0.355 e. The molecule has 7 nitrogen and oxygen atoms in total. The van der Waals surface area contributed by atoms with Gasteiger partial charge in [-0.1, -0.05) is 25.6 Å². The molecule has 1 aromatic rings. The van der Waals surface area contributed by atoms with Crippen molar-refractivity contribution in [1.29, 1.82) is 0 Å². The van der Waals surface area contributed by atoms with Gasteiger partial charge in [0.1, 0.15) is 5.82 Å². The molecule has 0 aromatic carbocycles. The minimum atomic E-state index is -0.141. The maximum absolute atomic E-state index is 11.7. The molecule has 2 N–H and O–H groups in total. The van der Waals surface area contributed by atoms with Crippen LogP contribution in [0.5, 0.6) is 0 Å². The van der Waals surface area contributed by atoms with Crippen LogP contribution in [0.2, 0.25) is 0 Å². The van der Waals surface area contributed by atoms with Crippen LogP contribution in [0.4, 0.5) is 0 Å². The number of amides is 2. The van der Waals surface area contributed by atoms with E-state index in [1.54, 1.807) is 11.8 Å². The molecule has 0 saturated heterocycles. The van der Waals surface area contributed by atoms with Crippen molar-refractivity contribution in [2.75, 3.05) is 19.3 Å². The van der Waals surface area contributed by atoms with E-state index in [9.17, 15) is 9.59 Å². The summed E-state index contributed by atoms with van der Waals surface area (Å²) < 4.78 is 2.16. The van der Waals surface area contributed by atoms with Crippen LogP contribution in [0, 0.1) is 11.8 Å². The first-order chi connectivity index (χ1) is 11.5. The number of aryl methyl sites for hydroxylation is 1. The smallest absolute Gasteiger partial charge is 0.239 e. The van der Waals surface area contributed by atoms with Crippen molar-refractivity contribution in [3.8, 4) is 0 Å². The molecule has 1 fully saturated rings. The summed E-state index contributed by atoms with van der Waals surface area (Å²) in [6.45, 7) is 5.88. The van der Waals surface area contributed by atoms with Crippen molar-refractivity contribution in [2.24, 2.45) is 11.8 Å². The molecule has 1 heterocycles. The lowest BCUT2D eigenvalue weighted by atomic mass is 10.2. The minimum Gasteiger partial charge on any atom is -0.355 e. The van der Waals surface area contributed by atoms with E-state index >= 15 is 0 Å². The van der Waals surface area contributed by atoms with E-state index in [1.807, 2.05) is 6.26 Å². The number of carbonyl (C=O) groups excluding carboxylic acids is 2. The van der Waals surface area contributed by atoms with E-state index in [4.69, 9.17) is 0 Å². The Morgan fingerprint density at radius 2 is 2.04 bits per heavy atom. The van der Waals surface area contributed by atoms with E-state index in [2.05, 4.69) is 39.2 Å². The molecule has 0 bridgehead atoms. The Labute approximate surface area is 147 Å². The van der Waals surface area contributed by atoms with Crippen molar-refractivity contribution >= 4 is 23.6 Å². The highest BCUT2D eigenvalue weighted by atomic mass is 32.2. The molecule has 24 heavy (non-hydrogen) atoms. The number of nitrogens with zero attached hydrogens (tertiary/aromatic N) is 3. The molecular formula is C16H27N5O2S. The first kappa shape index (κ1) is 18.8. The minimum absolute atomic E-state index is 0.00321. The van der Waals surface area contributed by atoms with Gasteiger partial charge in [0.25, 0.3) is 0 Å². The Bertz CT molecular complexity index is 569. The van der Waals surface area contributed by atoms with Crippen molar-refractivity contribution in [3.63, 3.8) is 0 Å². The summed E-state index contributed by atoms with van der Waals surface area (Å²) in [4.78, 5) is 23.2. The average Bonchev–Trinajstić information content (AvgIpc) is 3.33. The monoisotopic (exact) mass is 353 g/mol. The second-order valence-electron chi connectivity index (χ2n) is 6.55. The number of carbonyl (C=O) groups is 2. The van der Waals surface area contributed by atoms with Gasteiger partial charge in [-0.15, -0.1) is 10.2 Å². The lowest BCUT2D eigenvalue weighted by Gasteiger charge is -2.12. The summed E-state index contributed by atoms with van der Waals surface area (Å²) in [5.74, 6) is 1.48. The van der Waals surface area contributed by atoms with E-state index in [0.29, 0.717) is 12.5 Å². The molecule has 1 saturated carbocycles. The molecule has 134 valence electrons. The highest BCUT2D eigenvalue weighted by Gasteiger charge is 2.29. The number of hydrogen-bond acceptors (Lipinski definition) is 5. The van der Waals surface area contributed by atoms with Gasteiger partial charge in [-0.3, -0.25) is 9.59 Å². The second-order valence-corrected chi connectivity index (χ2v) is 7.33. The van der Waals surface area contributed by atoms with Crippen LogP contribution in [-0.4, -0.2) is 45.9 Å². The zero-order valence-electron chi connectivity index (χ0n) is 14.7. The fourth-order valence-electron chi connectivity index (χ4n) is 2.40. The third-order valence-corrected chi connectivity index (χ3v) is 4.46. The molecular weight excluding hydrogens is 326 g/mol. The number of hydrogen-bond donors (Lipinski definition) is 2.